The van der Waals surface area contributed by atoms with Gasteiger partial charge in [0, 0.05) is 32.7 Å². The lowest BCUT2D eigenvalue weighted by molar-refractivity contribution is -0.123. The molecule has 2 amide bonds. The molecule has 0 spiro atoms. The van der Waals surface area contributed by atoms with Crippen molar-refractivity contribution in [3.63, 3.8) is 0 Å². The number of carbonyl (C=O) groups is 2. The van der Waals surface area contributed by atoms with Crippen LogP contribution >= 0.6 is 0 Å². The number of hydrogen-bond donors (Lipinski definition) is 0. The van der Waals surface area contributed by atoms with Gasteiger partial charge in [0.05, 0.1) is 18.2 Å². The quantitative estimate of drug-likeness (QED) is 0.769. The maximum absolute atomic E-state index is 13.0. The maximum atomic E-state index is 13.0. The number of para-hydroxylation sites is 1. The summed E-state index contributed by atoms with van der Waals surface area (Å²) >= 11 is 0. The predicted molar refractivity (Wildman–Crippen MR) is 110 cm³/mol. The summed E-state index contributed by atoms with van der Waals surface area (Å²) in [4.78, 5) is 31.6. The standard InChI is InChI=1S/C23H27N3O2/c1-17-6-5-8-19(14-17)16-24-10-12-25(13-11-24)21-15-22(27)26(23(21)28)20-9-4-3-7-18(20)2/h3-9,14,21H,10-13,15-16H2,1-2H3/t21-/m1/s1. The molecule has 2 fully saturated rings. The van der Waals surface area contributed by atoms with E-state index in [1.54, 1.807) is 0 Å². The average molecular weight is 377 g/mol. The van der Waals surface area contributed by atoms with Crippen molar-refractivity contribution in [1.82, 2.24) is 9.80 Å². The van der Waals surface area contributed by atoms with Crippen molar-refractivity contribution in [2.24, 2.45) is 0 Å². The fourth-order valence-electron chi connectivity index (χ4n) is 4.27. The van der Waals surface area contributed by atoms with E-state index in [1.165, 1.54) is 16.0 Å². The number of nitrogens with zero attached hydrogens (tertiary/aromatic N) is 3. The Morgan fingerprint density at radius 1 is 0.929 bits per heavy atom. The van der Waals surface area contributed by atoms with Crippen LogP contribution in [0.3, 0.4) is 0 Å². The van der Waals surface area contributed by atoms with Crippen LogP contribution in [0.25, 0.3) is 0 Å². The number of amides is 2. The van der Waals surface area contributed by atoms with Gasteiger partial charge in [-0.3, -0.25) is 19.4 Å². The normalized spacial score (nSPS) is 21.5. The molecule has 0 N–H and O–H groups in total. The Bertz CT molecular complexity index is 887. The van der Waals surface area contributed by atoms with Gasteiger partial charge < -0.3 is 0 Å². The third kappa shape index (κ3) is 3.73. The first-order chi connectivity index (χ1) is 13.5. The molecule has 1 atom stereocenters. The first kappa shape index (κ1) is 18.8. The lowest BCUT2D eigenvalue weighted by Crippen LogP contribution is -2.52. The van der Waals surface area contributed by atoms with E-state index in [0.29, 0.717) is 0 Å². The Labute approximate surface area is 166 Å². The van der Waals surface area contributed by atoms with Crippen molar-refractivity contribution in [3.05, 3.63) is 65.2 Å². The highest BCUT2D eigenvalue weighted by molar-refractivity contribution is 6.22. The van der Waals surface area contributed by atoms with Crippen LogP contribution in [-0.2, 0) is 16.1 Å². The second kappa shape index (κ2) is 7.86. The van der Waals surface area contributed by atoms with Crippen LogP contribution in [0, 0.1) is 13.8 Å². The van der Waals surface area contributed by atoms with Crippen molar-refractivity contribution >= 4 is 17.5 Å². The number of hydrogen-bond acceptors (Lipinski definition) is 4. The second-order valence-corrected chi connectivity index (χ2v) is 7.87. The minimum atomic E-state index is -0.326. The molecule has 2 aliphatic heterocycles. The molecule has 28 heavy (non-hydrogen) atoms. The number of anilines is 1. The van der Waals surface area contributed by atoms with Gasteiger partial charge in [-0.15, -0.1) is 0 Å². The minimum absolute atomic E-state index is 0.0774. The molecule has 5 heteroatoms. The van der Waals surface area contributed by atoms with Gasteiger partial charge in [0.15, 0.2) is 0 Å². The molecule has 0 saturated carbocycles. The molecule has 2 aliphatic rings. The van der Waals surface area contributed by atoms with Crippen LogP contribution < -0.4 is 4.90 Å². The molecule has 0 unspecified atom stereocenters. The van der Waals surface area contributed by atoms with E-state index >= 15 is 0 Å². The molecule has 0 bridgehead atoms. The molecule has 0 aromatic heterocycles. The maximum Gasteiger partial charge on any atom is 0.251 e. The highest BCUT2D eigenvalue weighted by Gasteiger charge is 2.43. The monoisotopic (exact) mass is 377 g/mol. The first-order valence-corrected chi connectivity index (χ1v) is 9.97. The summed E-state index contributed by atoms with van der Waals surface area (Å²) in [5, 5.41) is 0. The number of imide groups is 1. The predicted octanol–water partition coefficient (Wildman–Crippen LogP) is 2.75. The summed E-state index contributed by atoms with van der Waals surface area (Å²) in [6.45, 7) is 8.45. The molecule has 2 aromatic carbocycles. The van der Waals surface area contributed by atoms with E-state index in [1.807, 2.05) is 31.2 Å². The molecule has 5 nitrogen and oxygen atoms in total. The van der Waals surface area contributed by atoms with Gasteiger partial charge in [0.1, 0.15) is 0 Å². The summed E-state index contributed by atoms with van der Waals surface area (Å²) in [6, 6.07) is 15.9. The highest BCUT2D eigenvalue weighted by Crippen LogP contribution is 2.28. The van der Waals surface area contributed by atoms with Gasteiger partial charge >= 0.3 is 0 Å². The van der Waals surface area contributed by atoms with Gasteiger partial charge in [0.2, 0.25) is 5.91 Å². The van der Waals surface area contributed by atoms with Gasteiger partial charge in [-0.2, -0.15) is 0 Å². The van der Waals surface area contributed by atoms with E-state index < -0.39 is 0 Å². The summed E-state index contributed by atoms with van der Waals surface area (Å²) in [5.41, 5.74) is 4.28. The molecule has 2 heterocycles. The van der Waals surface area contributed by atoms with Crippen molar-refractivity contribution in [1.29, 1.82) is 0 Å². The van der Waals surface area contributed by atoms with Crippen LogP contribution in [0.4, 0.5) is 5.69 Å². The van der Waals surface area contributed by atoms with Crippen LogP contribution in [0.15, 0.2) is 48.5 Å². The molecular formula is C23H27N3O2. The zero-order chi connectivity index (χ0) is 19.7. The smallest absolute Gasteiger partial charge is 0.251 e. The van der Waals surface area contributed by atoms with Gasteiger partial charge in [-0.1, -0.05) is 48.0 Å². The number of piperazine rings is 1. The molecule has 146 valence electrons. The Morgan fingerprint density at radius 3 is 2.39 bits per heavy atom. The molecule has 0 radical (unpaired) electrons. The van der Waals surface area contributed by atoms with E-state index in [0.717, 1.165) is 44.0 Å². The SMILES string of the molecule is Cc1cccc(CN2CCN([C@@H]3CC(=O)N(c4ccccc4C)C3=O)CC2)c1. The van der Waals surface area contributed by atoms with Gasteiger partial charge in [-0.05, 0) is 31.0 Å². The summed E-state index contributed by atoms with van der Waals surface area (Å²) in [6.07, 6.45) is 0.283. The molecule has 4 rings (SSSR count). The van der Waals surface area contributed by atoms with Crippen LogP contribution in [-0.4, -0.2) is 53.8 Å². The van der Waals surface area contributed by atoms with Crippen molar-refractivity contribution < 1.29 is 9.59 Å². The number of aryl methyl sites for hydroxylation is 2. The summed E-state index contributed by atoms with van der Waals surface area (Å²) in [7, 11) is 0. The lowest BCUT2D eigenvalue weighted by Gasteiger charge is -2.37. The summed E-state index contributed by atoms with van der Waals surface area (Å²) in [5.74, 6) is -0.169. The van der Waals surface area contributed by atoms with Gasteiger partial charge in [-0.25, -0.2) is 4.90 Å². The van der Waals surface area contributed by atoms with Crippen LogP contribution in [0.1, 0.15) is 23.1 Å². The number of benzene rings is 2. The average Bonchev–Trinajstić information content (AvgIpc) is 2.97. The third-order valence-corrected chi connectivity index (χ3v) is 5.82. The largest absolute Gasteiger partial charge is 0.297 e. The highest BCUT2D eigenvalue weighted by atomic mass is 16.2. The van der Waals surface area contributed by atoms with Gasteiger partial charge in [0.25, 0.3) is 5.91 Å². The van der Waals surface area contributed by atoms with E-state index in [9.17, 15) is 9.59 Å². The van der Waals surface area contributed by atoms with Crippen LogP contribution in [0.2, 0.25) is 0 Å². The molecule has 2 aromatic rings. The minimum Gasteiger partial charge on any atom is -0.297 e. The fourth-order valence-corrected chi connectivity index (χ4v) is 4.27. The van der Waals surface area contributed by atoms with Crippen LogP contribution in [0.5, 0.6) is 0 Å². The Kier molecular flexibility index (Phi) is 5.29. The second-order valence-electron chi connectivity index (χ2n) is 7.87. The zero-order valence-corrected chi connectivity index (χ0v) is 16.6. The Balaban J connectivity index is 1.39. The molecule has 0 aliphatic carbocycles. The topological polar surface area (TPSA) is 43.9 Å². The van der Waals surface area contributed by atoms with Crippen molar-refractivity contribution in [3.8, 4) is 0 Å². The lowest BCUT2D eigenvalue weighted by atomic mass is 10.1. The fraction of sp³-hybridized carbons (Fsp3) is 0.391. The zero-order valence-electron chi connectivity index (χ0n) is 16.6. The Hall–Kier alpha value is -2.50. The molecule has 2 saturated heterocycles. The Morgan fingerprint density at radius 2 is 1.68 bits per heavy atom. The van der Waals surface area contributed by atoms with E-state index in [2.05, 4.69) is 41.0 Å². The molecular weight excluding hydrogens is 350 g/mol. The number of rotatable bonds is 4. The van der Waals surface area contributed by atoms with E-state index in [4.69, 9.17) is 0 Å². The van der Waals surface area contributed by atoms with Crippen molar-refractivity contribution in [2.75, 3.05) is 31.1 Å². The first-order valence-electron chi connectivity index (χ1n) is 9.97. The van der Waals surface area contributed by atoms with Crippen molar-refractivity contribution in [2.45, 2.75) is 32.9 Å². The summed E-state index contributed by atoms with van der Waals surface area (Å²) < 4.78 is 0. The number of carbonyl (C=O) groups excluding carboxylic acids is 2. The van der Waals surface area contributed by atoms with E-state index in [-0.39, 0.29) is 24.3 Å². The third-order valence-electron chi connectivity index (χ3n) is 5.82.